The SMILES string of the molecule is O=C(Cn1nnc2ccccc21)NCCc1ccco1. The molecule has 1 aromatic carbocycles. The maximum atomic E-state index is 11.9. The highest BCUT2D eigenvalue weighted by atomic mass is 16.3. The number of amides is 1. The van der Waals surface area contributed by atoms with E-state index in [9.17, 15) is 4.79 Å². The van der Waals surface area contributed by atoms with Crippen LogP contribution in [0.25, 0.3) is 11.0 Å². The summed E-state index contributed by atoms with van der Waals surface area (Å²) in [6, 6.07) is 11.3. The number of fused-ring (bicyclic) bond motifs is 1. The van der Waals surface area contributed by atoms with E-state index in [1.807, 2.05) is 36.4 Å². The summed E-state index contributed by atoms with van der Waals surface area (Å²) in [6.07, 6.45) is 2.30. The molecule has 0 atom stereocenters. The number of aromatic nitrogens is 3. The third-order valence-electron chi connectivity index (χ3n) is 2.99. The smallest absolute Gasteiger partial charge is 0.241 e. The number of rotatable bonds is 5. The minimum atomic E-state index is -0.0905. The first-order valence-electron chi connectivity index (χ1n) is 6.40. The largest absolute Gasteiger partial charge is 0.469 e. The number of hydrogen-bond acceptors (Lipinski definition) is 4. The van der Waals surface area contributed by atoms with Crippen LogP contribution in [0, 0.1) is 0 Å². The van der Waals surface area contributed by atoms with Crippen molar-refractivity contribution in [3.8, 4) is 0 Å². The molecular weight excluding hydrogens is 256 g/mol. The molecule has 0 aliphatic heterocycles. The number of para-hydroxylation sites is 1. The van der Waals surface area contributed by atoms with Gasteiger partial charge in [0.2, 0.25) is 5.91 Å². The topological polar surface area (TPSA) is 73.0 Å². The molecule has 3 aromatic rings. The van der Waals surface area contributed by atoms with Crippen LogP contribution in [0.5, 0.6) is 0 Å². The summed E-state index contributed by atoms with van der Waals surface area (Å²) < 4.78 is 6.79. The van der Waals surface area contributed by atoms with Crippen LogP contribution in [0.4, 0.5) is 0 Å². The van der Waals surface area contributed by atoms with E-state index in [1.54, 1.807) is 10.9 Å². The minimum absolute atomic E-state index is 0.0905. The first-order valence-corrected chi connectivity index (χ1v) is 6.40. The van der Waals surface area contributed by atoms with Crippen LogP contribution in [-0.2, 0) is 17.8 Å². The summed E-state index contributed by atoms with van der Waals surface area (Å²) in [6.45, 7) is 0.706. The lowest BCUT2D eigenvalue weighted by molar-refractivity contribution is -0.121. The summed E-state index contributed by atoms with van der Waals surface area (Å²) in [5.41, 5.74) is 1.64. The van der Waals surface area contributed by atoms with Gasteiger partial charge in [-0.3, -0.25) is 4.79 Å². The molecule has 0 radical (unpaired) electrons. The average Bonchev–Trinajstić information content (AvgIpc) is 3.09. The van der Waals surface area contributed by atoms with Gasteiger partial charge in [0.15, 0.2) is 0 Å². The van der Waals surface area contributed by atoms with Crippen molar-refractivity contribution in [3.63, 3.8) is 0 Å². The summed E-state index contributed by atoms with van der Waals surface area (Å²) in [7, 11) is 0. The molecule has 0 spiro atoms. The molecule has 2 aromatic heterocycles. The van der Waals surface area contributed by atoms with Crippen molar-refractivity contribution in [3.05, 3.63) is 48.4 Å². The maximum Gasteiger partial charge on any atom is 0.241 e. The molecular formula is C14H14N4O2. The second-order valence-corrected chi connectivity index (χ2v) is 4.42. The van der Waals surface area contributed by atoms with Crippen LogP contribution in [0.1, 0.15) is 5.76 Å². The molecule has 0 saturated heterocycles. The van der Waals surface area contributed by atoms with Gasteiger partial charge in [-0.1, -0.05) is 17.3 Å². The van der Waals surface area contributed by atoms with Gasteiger partial charge in [-0.05, 0) is 24.3 Å². The predicted octanol–water partition coefficient (Wildman–Crippen LogP) is 1.38. The number of furan rings is 1. The highest BCUT2D eigenvalue weighted by molar-refractivity contribution is 5.79. The van der Waals surface area contributed by atoms with Crippen LogP contribution in [0.15, 0.2) is 47.1 Å². The Bertz CT molecular complexity index is 703. The van der Waals surface area contributed by atoms with Crippen molar-refractivity contribution in [2.45, 2.75) is 13.0 Å². The van der Waals surface area contributed by atoms with E-state index in [2.05, 4.69) is 15.6 Å². The molecule has 0 saturated carbocycles. The van der Waals surface area contributed by atoms with Crippen molar-refractivity contribution in [1.29, 1.82) is 0 Å². The number of nitrogens with zero attached hydrogens (tertiary/aromatic N) is 3. The Morgan fingerprint density at radius 2 is 2.15 bits per heavy atom. The molecule has 0 aliphatic carbocycles. The summed E-state index contributed by atoms with van der Waals surface area (Å²) in [4.78, 5) is 11.9. The molecule has 0 bridgehead atoms. The molecule has 6 heteroatoms. The van der Waals surface area contributed by atoms with Crippen molar-refractivity contribution in [1.82, 2.24) is 20.3 Å². The molecule has 2 heterocycles. The number of carbonyl (C=O) groups excluding carboxylic acids is 1. The fourth-order valence-electron chi connectivity index (χ4n) is 2.01. The van der Waals surface area contributed by atoms with Crippen LogP contribution >= 0.6 is 0 Å². The molecule has 0 fully saturated rings. The summed E-state index contributed by atoms with van der Waals surface area (Å²) in [5, 5.41) is 10.8. The second-order valence-electron chi connectivity index (χ2n) is 4.42. The van der Waals surface area contributed by atoms with Crippen molar-refractivity contribution < 1.29 is 9.21 Å². The zero-order valence-corrected chi connectivity index (χ0v) is 10.8. The Labute approximate surface area is 115 Å². The Morgan fingerprint density at radius 3 is 3.00 bits per heavy atom. The number of benzene rings is 1. The monoisotopic (exact) mass is 270 g/mol. The molecule has 3 rings (SSSR count). The Kier molecular flexibility index (Phi) is 3.45. The van der Waals surface area contributed by atoms with Crippen LogP contribution in [-0.4, -0.2) is 27.4 Å². The highest BCUT2D eigenvalue weighted by Crippen LogP contribution is 2.09. The molecule has 20 heavy (non-hydrogen) atoms. The Hall–Kier alpha value is -2.63. The molecule has 0 unspecified atom stereocenters. The first kappa shape index (κ1) is 12.4. The van der Waals surface area contributed by atoms with Crippen molar-refractivity contribution in [2.24, 2.45) is 0 Å². The van der Waals surface area contributed by atoms with Gasteiger partial charge in [0.1, 0.15) is 17.8 Å². The number of nitrogens with one attached hydrogen (secondary N) is 1. The lowest BCUT2D eigenvalue weighted by Crippen LogP contribution is -2.29. The van der Waals surface area contributed by atoms with Gasteiger partial charge in [0.05, 0.1) is 11.8 Å². The molecule has 1 amide bonds. The Morgan fingerprint density at radius 1 is 1.25 bits per heavy atom. The summed E-state index contributed by atoms with van der Waals surface area (Å²) >= 11 is 0. The fourth-order valence-corrected chi connectivity index (χ4v) is 2.01. The van der Waals surface area contributed by atoms with Crippen molar-refractivity contribution >= 4 is 16.9 Å². The minimum Gasteiger partial charge on any atom is -0.469 e. The van der Waals surface area contributed by atoms with Gasteiger partial charge in [-0.15, -0.1) is 5.10 Å². The van der Waals surface area contributed by atoms with Gasteiger partial charge < -0.3 is 9.73 Å². The van der Waals surface area contributed by atoms with Crippen molar-refractivity contribution in [2.75, 3.05) is 6.54 Å². The van der Waals surface area contributed by atoms with Crippen LogP contribution in [0.3, 0.4) is 0 Å². The first-order chi connectivity index (χ1) is 9.83. The molecule has 0 aliphatic rings. The molecule has 102 valence electrons. The summed E-state index contributed by atoms with van der Waals surface area (Å²) in [5.74, 6) is 0.767. The van der Waals surface area contributed by atoms with Gasteiger partial charge in [0.25, 0.3) is 0 Å². The van der Waals surface area contributed by atoms with Gasteiger partial charge in [-0.25, -0.2) is 4.68 Å². The predicted molar refractivity (Wildman–Crippen MR) is 72.9 cm³/mol. The molecule has 1 N–H and O–H groups in total. The van der Waals surface area contributed by atoms with E-state index in [-0.39, 0.29) is 12.5 Å². The zero-order valence-electron chi connectivity index (χ0n) is 10.8. The van der Waals surface area contributed by atoms with Gasteiger partial charge >= 0.3 is 0 Å². The van der Waals surface area contributed by atoms with E-state index in [0.29, 0.717) is 13.0 Å². The Balaban J connectivity index is 1.56. The van der Waals surface area contributed by atoms with Crippen LogP contribution in [0.2, 0.25) is 0 Å². The molecule has 6 nitrogen and oxygen atoms in total. The highest BCUT2D eigenvalue weighted by Gasteiger charge is 2.08. The van der Waals surface area contributed by atoms with E-state index in [0.717, 1.165) is 16.8 Å². The van der Waals surface area contributed by atoms with Gasteiger partial charge in [0, 0.05) is 13.0 Å². The van der Waals surface area contributed by atoms with E-state index >= 15 is 0 Å². The number of carbonyl (C=O) groups is 1. The second kappa shape index (κ2) is 5.56. The van der Waals surface area contributed by atoms with E-state index in [4.69, 9.17) is 4.42 Å². The third kappa shape index (κ3) is 2.69. The average molecular weight is 270 g/mol. The lowest BCUT2D eigenvalue weighted by atomic mass is 10.3. The third-order valence-corrected chi connectivity index (χ3v) is 2.99. The normalized spacial score (nSPS) is 10.8. The van der Waals surface area contributed by atoms with E-state index < -0.39 is 0 Å². The maximum absolute atomic E-state index is 11.9. The standard InChI is InChI=1S/C14H14N4O2/c19-14(15-8-7-11-4-3-9-20-11)10-18-13-6-2-1-5-12(13)16-17-18/h1-6,9H,7-8,10H2,(H,15,19). The zero-order chi connectivity index (χ0) is 13.8. The lowest BCUT2D eigenvalue weighted by Gasteiger charge is -2.04. The fraction of sp³-hybridized carbons (Fsp3) is 0.214. The van der Waals surface area contributed by atoms with E-state index in [1.165, 1.54) is 0 Å². The van der Waals surface area contributed by atoms with Crippen LogP contribution < -0.4 is 5.32 Å². The quantitative estimate of drug-likeness (QED) is 0.760. The van der Waals surface area contributed by atoms with Gasteiger partial charge in [-0.2, -0.15) is 0 Å². The number of hydrogen-bond donors (Lipinski definition) is 1.